The van der Waals surface area contributed by atoms with Gasteiger partial charge < -0.3 is 28.5 Å². The number of ether oxygens (including phenoxy) is 1. The van der Waals surface area contributed by atoms with Gasteiger partial charge in [0, 0.05) is 12.8 Å². The van der Waals surface area contributed by atoms with E-state index in [4.69, 9.17) is 13.8 Å². The van der Waals surface area contributed by atoms with E-state index in [2.05, 4.69) is 92.9 Å². The Morgan fingerprint density at radius 2 is 0.932 bits per heavy atom. The molecular formula is C63H113N2O7P. The fourth-order valence-corrected chi connectivity index (χ4v) is 8.96. The fraction of sp³-hybridized carbons (Fsp3) is 0.746. The number of phosphoric ester groups is 1. The lowest BCUT2D eigenvalue weighted by atomic mass is 10.0. The van der Waals surface area contributed by atoms with Gasteiger partial charge in [-0.1, -0.05) is 235 Å². The molecule has 422 valence electrons. The molecule has 0 spiro atoms. The summed E-state index contributed by atoms with van der Waals surface area (Å²) in [5.74, 6) is -0.573. The highest BCUT2D eigenvalue weighted by Crippen LogP contribution is 2.38. The van der Waals surface area contributed by atoms with Crippen molar-refractivity contribution in [3.8, 4) is 0 Å². The van der Waals surface area contributed by atoms with Crippen molar-refractivity contribution in [2.24, 2.45) is 0 Å². The number of hydrogen-bond donors (Lipinski definition) is 1. The van der Waals surface area contributed by atoms with Crippen LogP contribution in [-0.4, -0.2) is 69.4 Å². The first-order chi connectivity index (χ1) is 35.4. The van der Waals surface area contributed by atoms with E-state index in [1.807, 2.05) is 39.4 Å². The van der Waals surface area contributed by atoms with E-state index >= 15 is 0 Å². The number of nitrogens with one attached hydrogen (secondary N) is 1. The largest absolute Gasteiger partial charge is 0.756 e. The van der Waals surface area contributed by atoms with Crippen molar-refractivity contribution < 1.29 is 37.3 Å². The molecule has 0 rings (SSSR count). The molecule has 0 heterocycles. The molecule has 9 nitrogen and oxygen atoms in total. The SMILES string of the molecule is CC/C=C/C=C/C=C\CCCCCCCC(=O)OC(/C=C\CCCCCCCCCCC)C(COP(=O)([O-])OCC[N+](C)(C)C)NC(=O)CCCCCCCCCCCC/C=C\C/C=C\C/C=C\CCCCC. The zero-order valence-electron chi connectivity index (χ0n) is 48.1. The molecule has 0 aromatic carbocycles. The highest BCUT2D eigenvalue weighted by molar-refractivity contribution is 7.45. The topological polar surface area (TPSA) is 114 Å². The summed E-state index contributed by atoms with van der Waals surface area (Å²) in [7, 11) is 1.16. The van der Waals surface area contributed by atoms with Crippen LogP contribution in [0.3, 0.4) is 0 Å². The smallest absolute Gasteiger partial charge is 0.306 e. The maximum absolute atomic E-state index is 13.5. The zero-order chi connectivity index (χ0) is 53.6. The third-order valence-electron chi connectivity index (χ3n) is 12.9. The van der Waals surface area contributed by atoms with Gasteiger partial charge >= 0.3 is 5.97 Å². The average Bonchev–Trinajstić information content (AvgIpc) is 3.35. The predicted octanol–water partition coefficient (Wildman–Crippen LogP) is 17.6. The Balaban J connectivity index is 5.19. The number of allylic oxidation sites excluding steroid dienone is 13. The van der Waals surface area contributed by atoms with E-state index in [9.17, 15) is 19.0 Å². The van der Waals surface area contributed by atoms with Gasteiger partial charge in [-0.25, -0.2) is 0 Å². The third kappa shape index (κ3) is 53.8. The number of phosphoric acid groups is 1. The molecule has 0 radical (unpaired) electrons. The molecule has 0 aliphatic rings. The number of amides is 1. The van der Waals surface area contributed by atoms with Crippen molar-refractivity contribution in [1.82, 2.24) is 5.32 Å². The van der Waals surface area contributed by atoms with E-state index in [0.717, 1.165) is 103 Å². The Morgan fingerprint density at radius 3 is 1.45 bits per heavy atom. The molecule has 0 saturated carbocycles. The second kappa shape index (κ2) is 52.6. The number of unbranched alkanes of at least 4 members (excludes halogenated alkanes) is 27. The van der Waals surface area contributed by atoms with Crippen LogP contribution in [0, 0.1) is 0 Å². The molecule has 0 fully saturated rings. The molecule has 1 N–H and O–H groups in total. The molecule has 3 atom stereocenters. The Hall–Kier alpha value is -2.81. The minimum absolute atomic E-state index is 0.0301. The van der Waals surface area contributed by atoms with Gasteiger partial charge in [0.25, 0.3) is 7.82 Å². The van der Waals surface area contributed by atoms with Gasteiger partial charge in [-0.3, -0.25) is 14.2 Å². The Bertz CT molecular complexity index is 1530. The standard InChI is InChI=1S/C63H113N2O7P/c1-7-10-13-16-19-22-25-27-28-29-30-31-32-33-34-35-36-38-40-43-46-49-52-55-62(66)64-60(59-71-73(68,69)70-58-57-65(4,5)6)61(54-51-48-45-42-39-24-21-18-15-12-9-3)72-63(67)56-53-50-47-44-41-37-26-23-20-17-14-11-8-2/h11,14,17,19-20,22-23,26-28,30-31,51,54,60-61H,7-10,12-13,15-16,18,21,24-25,29,32-50,52-53,55-59H2,1-6H3,(H-,64,66,68,69)/b14-11+,20-17+,22-19-,26-23-,28-27-,31-30-,54-51-. The van der Waals surface area contributed by atoms with E-state index in [-0.39, 0.29) is 24.9 Å². The van der Waals surface area contributed by atoms with Crippen LogP contribution in [0.5, 0.6) is 0 Å². The monoisotopic (exact) mass is 1040 g/mol. The van der Waals surface area contributed by atoms with E-state index in [0.29, 0.717) is 23.9 Å². The normalized spacial score (nSPS) is 14.3. The van der Waals surface area contributed by atoms with Crippen LogP contribution in [-0.2, 0) is 27.9 Å². The van der Waals surface area contributed by atoms with Gasteiger partial charge in [0.1, 0.15) is 19.3 Å². The molecule has 0 bridgehead atoms. The number of likely N-dealkylation sites (N-methyl/N-ethyl adjacent to an activating group) is 1. The summed E-state index contributed by atoms with van der Waals surface area (Å²) >= 11 is 0. The van der Waals surface area contributed by atoms with Crippen molar-refractivity contribution in [1.29, 1.82) is 0 Å². The Labute approximate surface area is 450 Å². The van der Waals surface area contributed by atoms with E-state index in [1.54, 1.807) is 0 Å². The number of hydrogen-bond acceptors (Lipinski definition) is 7. The molecule has 3 unspecified atom stereocenters. The van der Waals surface area contributed by atoms with Crippen molar-refractivity contribution in [2.45, 2.75) is 264 Å². The summed E-state index contributed by atoms with van der Waals surface area (Å²) in [4.78, 5) is 39.9. The van der Waals surface area contributed by atoms with Crippen molar-refractivity contribution in [3.05, 3.63) is 85.1 Å². The maximum atomic E-state index is 13.5. The van der Waals surface area contributed by atoms with Crippen LogP contribution in [0.2, 0.25) is 0 Å². The minimum Gasteiger partial charge on any atom is -0.756 e. The van der Waals surface area contributed by atoms with Crippen molar-refractivity contribution in [2.75, 3.05) is 40.9 Å². The first-order valence-electron chi connectivity index (χ1n) is 29.9. The van der Waals surface area contributed by atoms with Crippen LogP contribution in [0.15, 0.2) is 85.1 Å². The highest BCUT2D eigenvalue weighted by Gasteiger charge is 2.27. The summed E-state index contributed by atoms with van der Waals surface area (Å²) in [6, 6.07) is -0.902. The zero-order valence-corrected chi connectivity index (χ0v) is 49.0. The molecule has 0 aromatic rings. The number of rotatable bonds is 53. The molecule has 73 heavy (non-hydrogen) atoms. The number of nitrogens with zero attached hydrogens (tertiary/aromatic N) is 1. The second-order valence-electron chi connectivity index (χ2n) is 21.2. The highest BCUT2D eigenvalue weighted by atomic mass is 31.2. The number of carbonyl (C=O) groups excluding carboxylic acids is 2. The van der Waals surface area contributed by atoms with E-state index < -0.39 is 26.6 Å². The van der Waals surface area contributed by atoms with Crippen LogP contribution in [0.4, 0.5) is 0 Å². The molecular weight excluding hydrogens is 928 g/mol. The van der Waals surface area contributed by atoms with Crippen molar-refractivity contribution in [3.63, 3.8) is 0 Å². The summed E-state index contributed by atoms with van der Waals surface area (Å²) in [5, 5.41) is 3.01. The number of carbonyl (C=O) groups is 2. The van der Waals surface area contributed by atoms with Gasteiger partial charge in [-0.2, -0.15) is 0 Å². The molecule has 0 saturated heterocycles. The molecule has 0 aliphatic carbocycles. The molecule has 10 heteroatoms. The van der Waals surface area contributed by atoms with Crippen LogP contribution < -0.4 is 10.2 Å². The third-order valence-corrected chi connectivity index (χ3v) is 13.8. The molecule has 0 aliphatic heterocycles. The first-order valence-corrected chi connectivity index (χ1v) is 31.4. The van der Waals surface area contributed by atoms with Crippen LogP contribution in [0.25, 0.3) is 0 Å². The Kier molecular flexibility index (Phi) is 50.6. The van der Waals surface area contributed by atoms with E-state index in [1.165, 1.54) is 109 Å². The average molecular weight is 1040 g/mol. The summed E-state index contributed by atoms with van der Waals surface area (Å²) in [5.41, 5.74) is 0. The second-order valence-corrected chi connectivity index (χ2v) is 22.6. The first kappa shape index (κ1) is 70.2. The summed E-state index contributed by atoms with van der Waals surface area (Å²) < 4.78 is 30.2. The van der Waals surface area contributed by atoms with Crippen LogP contribution in [0.1, 0.15) is 252 Å². The van der Waals surface area contributed by atoms with Crippen LogP contribution >= 0.6 is 7.82 Å². The minimum atomic E-state index is -4.70. The Morgan fingerprint density at radius 1 is 0.507 bits per heavy atom. The van der Waals surface area contributed by atoms with Gasteiger partial charge in [-0.05, 0) is 89.5 Å². The predicted molar refractivity (Wildman–Crippen MR) is 311 cm³/mol. The van der Waals surface area contributed by atoms with Gasteiger partial charge in [0.05, 0.1) is 33.8 Å². The maximum Gasteiger partial charge on any atom is 0.306 e. The van der Waals surface area contributed by atoms with Gasteiger partial charge in [0.2, 0.25) is 5.91 Å². The molecule has 1 amide bonds. The summed E-state index contributed by atoms with van der Waals surface area (Å²) in [6.07, 6.45) is 68.4. The number of esters is 1. The lowest BCUT2D eigenvalue weighted by molar-refractivity contribution is -0.870. The quantitative estimate of drug-likeness (QED) is 0.0161. The number of quaternary nitrogens is 1. The van der Waals surface area contributed by atoms with Gasteiger partial charge in [-0.15, -0.1) is 0 Å². The fourth-order valence-electron chi connectivity index (χ4n) is 8.23. The van der Waals surface area contributed by atoms with Crippen molar-refractivity contribution >= 4 is 19.7 Å². The lowest BCUT2D eigenvalue weighted by Crippen LogP contribution is -2.47. The summed E-state index contributed by atoms with van der Waals surface area (Å²) in [6.45, 7) is 6.65. The lowest BCUT2D eigenvalue weighted by Gasteiger charge is -2.30. The van der Waals surface area contributed by atoms with Gasteiger partial charge in [0.15, 0.2) is 0 Å². The molecule has 0 aromatic heterocycles.